The Kier molecular flexibility index (Phi) is 24.7. The van der Waals surface area contributed by atoms with Crippen LogP contribution in [0.2, 0.25) is 0 Å². The largest absolute Gasteiger partial charge is 0.435 e. The van der Waals surface area contributed by atoms with Crippen molar-refractivity contribution in [1.29, 1.82) is 0 Å². The van der Waals surface area contributed by atoms with Crippen LogP contribution in [0.5, 0.6) is 0 Å². The van der Waals surface area contributed by atoms with Crippen LogP contribution in [0.15, 0.2) is 12.2 Å². The van der Waals surface area contributed by atoms with Crippen molar-refractivity contribution in [2.75, 3.05) is 33.2 Å². The molecule has 0 aromatic heterocycles. The number of ether oxygens (including phenoxy) is 5. The van der Waals surface area contributed by atoms with Gasteiger partial charge in [0.1, 0.15) is 0 Å². The molecule has 6 heteroatoms. The average Bonchev–Trinajstić information content (AvgIpc) is 2.87. The number of rotatable bonds is 28. The summed E-state index contributed by atoms with van der Waals surface area (Å²) in [5.74, 6) is -1.02. The predicted octanol–water partition coefficient (Wildman–Crippen LogP) is 8.72. The highest BCUT2D eigenvalue weighted by Gasteiger charge is 2.41. The van der Waals surface area contributed by atoms with Crippen molar-refractivity contribution in [3.05, 3.63) is 12.2 Å². The molecule has 0 saturated carbocycles. The zero-order chi connectivity index (χ0) is 27.6. The number of unbranched alkanes of at least 4 members (excludes halogenated alkanes) is 12. The molecule has 0 aliphatic carbocycles. The van der Waals surface area contributed by atoms with Gasteiger partial charge in [0.25, 0.3) is 5.97 Å². The molecule has 0 amide bonds. The van der Waals surface area contributed by atoms with E-state index in [9.17, 15) is 4.79 Å². The first-order valence-corrected chi connectivity index (χ1v) is 15.3. The Morgan fingerprint density at radius 3 is 1.54 bits per heavy atom. The molecule has 0 radical (unpaired) electrons. The van der Waals surface area contributed by atoms with Gasteiger partial charge in [0.2, 0.25) is 0 Å². The summed E-state index contributed by atoms with van der Waals surface area (Å²) in [6.45, 7) is 16.0. The first-order valence-electron chi connectivity index (χ1n) is 15.3. The van der Waals surface area contributed by atoms with E-state index in [4.69, 9.17) is 23.7 Å². The average molecular weight is 529 g/mol. The maximum absolute atomic E-state index is 11.3. The van der Waals surface area contributed by atoms with Crippen molar-refractivity contribution in [1.82, 2.24) is 0 Å². The van der Waals surface area contributed by atoms with E-state index < -0.39 is 11.9 Å². The lowest BCUT2D eigenvalue weighted by Crippen LogP contribution is -2.46. The normalized spacial score (nSPS) is 12.6. The SMILES string of the molecule is C=C(C)C(=O)OCOCCCCCCCCCCC(CCCCCCCC)C(OCC)(OCC)OCC. The summed E-state index contributed by atoms with van der Waals surface area (Å²) in [4.78, 5) is 11.3. The minimum atomic E-state index is -0.896. The van der Waals surface area contributed by atoms with E-state index in [2.05, 4.69) is 13.5 Å². The topological polar surface area (TPSA) is 63.2 Å². The molecular weight excluding hydrogens is 468 g/mol. The highest BCUT2D eigenvalue weighted by atomic mass is 16.9. The smallest absolute Gasteiger partial charge is 0.335 e. The van der Waals surface area contributed by atoms with Gasteiger partial charge in [0, 0.05) is 31.3 Å². The Balaban J connectivity index is 4.25. The van der Waals surface area contributed by atoms with E-state index in [-0.39, 0.29) is 12.7 Å². The Hall–Kier alpha value is -0.950. The fourth-order valence-electron chi connectivity index (χ4n) is 4.68. The predicted molar refractivity (Wildman–Crippen MR) is 152 cm³/mol. The molecule has 0 spiro atoms. The van der Waals surface area contributed by atoms with Crippen molar-refractivity contribution in [2.24, 2.45) is 5.92 Å². The molecule has 0 heterocycles. The Morgan fingerprint density at radius 1 is 0.676 bits per heavy atom. The van der Waals surface area contributed by atoms with Crippen LogP contribution in [0.25, 0.3) is 0 Å². The molecule has 1 unspecified atom stereocenters. The number of hydrogen-bond donors (Lipinski definition) is 0. The van der Waals surface area contributed by atoms with E-state index in [1.54, 1.807) is 6.92 Å². The molecule has 220 valence electrons. The Bertz CT molecular complexity index is 519. The number of carbonyl (C=O) groups excluding carboxylic acids is 1. The van der Waals surface area contributed by atoms with E-state index in [1.807, 2.05) is 20.8 Å². The van der Waals surface area contributed by atoms with Gasteiger partial charge >= 0.3 is 5.97 Å². The zero-order valence-electron chi connectivity index (χ0n) is 25.1. The summed E-state index contributed by atoms with van der Waals surface area (Å²) in [6, 6.07) is 0. The Morgan fingerprint density at radius 2 is 1.11 bits per heavy atom. The maximum atomic E-state index is 11.3. The van der Waals surface area contributed by atoms with Crippen LogP contribution in [0.4, 0.5) is 0 Å². The monoisotopic (exact) mass is 528 g/mol. The van der Waals surface area contributed by atoms with Crippen LogP contribution in [0.1, 0.15) is 137 Å². The standard InChI is InChI=1S/C31H60O6/c1-7-11-12-13-18-21-24-29(31(35-8-2,36-9-3)37-10-4)25-22-19-16-14-15-17-20-23-26-33-27-34-30(32)28(5)6/h29H,5,7-27H2,1-4,6H3. The van der Waals surface area contributed by atoms with Crippen LogP contribution in [0, 0.1) is 5.92 Å². The summed E-state index contributed by atoms with van der Waals surface area (Å²) in [5, 5.41) is 0. The first kappa shape index (κ1) is 36.0. The molecule has 0 N–H and O–H groups in total. The molecule has 37 heavy (non-hydrogen) atoms. The van der Waals surface area contributed by atoms with Crippen LogP contribution in [0.3, 0.4) is 0 Å². The number of carbonyl (C=O) groups is 1. The summed E-state index contributed by atoms with van der Waals surface area (Å²) < 4.78 is 28.8. The second-order valence-electron chi connectivity index (χ2n) is 10.0. The molecule has 6 nitrogen and oxygen atoms in total. The van der Waals surface area contributed by atoms with Crippen molar-refractivity contribution in [3.63, 3.8) is 0 Å². The Labute approximate surface area is 229 Å². The lowest BCUT2D eigenvalue weighted by Gasteiger charge is -2.39. The van der Waals surface area contributed by atoms with Gasteiger partial charge in [-0.15, -0.1) is 0 Å². The van der Waals surface area contributed by atoms with E-state index >= 15 is 0 Å². The van der Waals surface area contributed by atoms with Crippen molar-refractivity contribution >= 4 is 5.97 Å². The molecule has 0 fully saturated rings. The molecular formula is C31H60O6. The van der Waals surface area contributed by atoms with Gasteiger partial charge in [0.05, 0.1) is 6.61 Å². The van der Waals surface area contributed by atoms with Crippen LogP contribution >= 0.6 is 0 Å². The van der Waals surface area contributed by atoms with Crippen molar-refractivity contribution in [3.8, 4) is 0 Å². The van der Waals surface area contributed by atoms with Crippen LogP contribution in [-0.4, -0.2) is 45.2 Å². The maximum Gasteiger partial charge on any atom is 0.335 e. The second kappa shape index (κ2) is 25.3. The first-order chi connectivity index (χ1) is 18.0. The number of esters is 1. The minimum Gasteiger partial charge on any atom is -0.435 e. The van der Waals surface area contributed by atoms with E-state index in [1.165, 1.54) is 77.0 Å². The fourth-order valence-corrected chi connectivity index (χ4v) is 4.68. The third-order valence-electron chi connectivity index (χ3n) is 6.66. The van der Waals surface area contributed by atoms with Gasteiger partial charge in [-0.3, -0.25) is 0 Å². The summed E-state index contributed by atoms with van der Waals surface area (Å²) in [5.41, 5.74) is 0.397. The van der Waals surface area contributed by atoms with Crippen molar-refractivity contribution in [2.45, 2.75) is 143 Å². The van der Waals surface area contributed by atoms with E-state index in [0.717, 1.165) is 25.7 Å². The molecule has 1 atom stereocenters. The highest BCUT2D eigenvalue weighted by Crippen LogP contribution is 2.34. The van der Waals surface area contributed by atoms with Crippen molar-refractivity contribution < 1.29 is 28.5 Å². The van der Waals surface area contributed by atoms with Gasteiger partial charge in [-0.2, -0.15) is 0 Å². The molecule has 0 rings (SSSR count). The highest BCUT2D eigenvalue weighted by molar-refractivity contribution is 5.86. The quantitative estimate of drug-likeness (QED) is 0.0438. The minimum absolute atomic E-state index is 0.0166. The summed E-state index contributed by atoms with van der Waals surface area (Å²) in [7, 11) is 0. The number of hydrogen-bond acceptors (Lipinski definition) is 6. The molecule has 0 saturated heterocycles. The molecule has 0 aliphatic heterocycles. The lowest BCUT2D eigenvalue weighted by atomic mass is 9.91. The van der Waals surface area contributed by atoms with Gasteiger partial charge in [-0.25, -0.2) is 4.79 Å². The van der Waals surface area contributed by atoms with Crippen LogP contribution in [-0.2, 0) is 28.5 Å². The lowest BCUT2D eigenvalue weighted by molar-refractivity contribution is -0.403. The summed E-state index contributed by atoms with van der Waals surface area (Å²) in [6.07, 6.45) is 19.5. The molecule has 0 aliphatic rings. The molecule has 0 aromatic carbocycles. The van der Waals surface area contributed by atoms with Gasteiger partial charge in [0.15, 0.2) is 6.79 Å². The van der Waals surface area contributed by atoms with Gasteiger partial charge < -0.3 is 23.7 Å². The van der Waals surface area contributed by atoms with E-state index in [0.29, 0.717) is 32.0 Å². The molecule has 0 bridgehead atoms. The third-order valence-corrected chi connectivity index (χ3v) is 6.66. The fraction of sp³-hybridized carbons (Fsp3) is 0.903. The van der Waals surface area contributed by atoms with Gasteiger partial charge in [-0.1, -0.05) is 97.0 Å². The molecule has 0 aromatic rings. The second-order valence-corrected chi connectivity index (χ2v) is 10.0. The third kappa shape index (κ3) is 18.9. The van der Waals surface area contributed by atoms with Crippen LogP contribution < -0.4 is 0 Å². The summed E-state index contributed by atoms with van der Waals surface area (Å²) >= 11 is 0. The zero-order valence-corrected chi connectivity index (χ0v) is 25.1. The van der Waals surface area contributed by atoms with Gasteiger partial charge in [-0.05, 0) is 47.0 Å².